The summed E-state index contributed by atoms with van der Waals surface area (Å²) >= 11 is 0. The van der Waals surface area contributed by atoms with E-state index in [-0.39, 0.29) is 29.9 Å². The molecule has 1 aliphatic carbocycles. The van der Waals surface area contributed by atoms with Crippen LogP contribution in [-0.2, 0) is 14.3 Å². The second-order valence-electron chi connectivity index (χ2n) is 6.83. The predicted molar refractivity (Wildman–Crippen MR) is 102 cm³/mol. The number of amides is 1. The fourth-order valence-corrected chi connectivity index (χ4v) is 2.94. The summed E-state index contributed by atoms with van der Waals surface area (Å²) < 4.78 is 10.6. The maximum absolute atomic E-state index is 12.0. The van der Waals surface area contributed by atoms with E-state index >= 15 is 0 Å². The molecule has 1 atom stereocenters. The normalized spacial score (nSPS) is 21.2. The summed E-state index contributed by atoms with van der Waals surface area (Å²) in [6, 6.07) is 7.66. The molecule has 1 aromatic rings. The highest BCUT2D eigenvalue weighted by atomic mass is 16.5. The van der Waals surface area contributed by atoms with Gasteiger partial charge in [-0.2, -0.15) is 0 Å². The number of nitrogens with one attached hydrogen (secondary N) is 1. The molecule has 0 radical (unpaired) electrons. The van der Waals surface area contributed by atoms with Crippen LogP contribution in [0, 0.1) is 5.92 Å². The summed E-state index contributed by atoms with van der Waals surface area (Å²) in [4.78, 5) is 23.9. The van der Waals surface area contributed by atoms with E-state index in [0.717, 1.165) is 43.4 Å². The number of benzene rings is 1. The smallest absolute Gasteiger partial charge is 0.331 e. The Morgan fingerprint density at radius 2 is 1.85 bits per heavy atom. The Hall–Kier alpha value is -2.30. The first-order valence-electron chi connectivity index (χ1n) is 9.35. The van der Waals surface area contributed by atoms with Crippen molar-refractivity contribution in [2.24, 2.45) is 5.92 Å². The van der Waals surface area contributed by atoms with E-state index in [0.29, 0.717) is 0 Å². The number of carbonyl (C=O) groups excluding carboxylic acids is 2. The molecule has 1 fully saturated rings. The van der Waals surface area contributed by atoms with Crippen molar-refractivity contribution < 1.29 is 19.1 Å². The summed E-state index contributed by atoms with van der Waals surface area (Å²) in [5.74, 6) is 0.624. The van der Waals surface area contributed by atoms with Crippen LogP contribution < -0.4 is 10.1 Å². The van der Waals surface area contributed by atoms with Crippen LogP contribution in [-0.4, -0.2) is 31.1 Å². The standard InChI is InChI=1S/C21H29NO4/c1-4-15(2)21(24)22-17-8-12-19(13-9-17)26-20(23)14-7-16-5-10-18(25-3)11-6-16/h5-7,10-11,14-15,17,19H,4,8-9,12-13H2,1-3H3,(H,22,24)/b14-7+/t15?,17-,19-. The summed E-state index contributed by atoms with van der Waals surface area (Å²) in [6.07, 6.45) is 7.24. The zero-order valence-electron chi connectivity index (χ0n) is 15.9. The van der Waals surface area contributed by atoms with Crippen molar-refractivity contribution in [2.75, 3.05) is 7.11 Å². The molecular weight excluding hydrogens is 330 g/mol. The second kappa shape index (κ2) is 10.00. The number of esters is 1. The lowest BCUT2D eigenvalue weighted by atomic mass is 9.92. The Bertz CT molecular complexity index is 615. The van der Waals surface area contributed by atoms with E-state index in [1.165, 1.54) is 6.08 Å². The van der Waals surface area contributed by atoms with E-state index in [1.54, 1.807) is 13.2 Å². The van der Waals surface area contributed by atoms with Crippen LogP contribution in [0.1, 0.15) is 51.5 Å². The maximum Gasteiger partial charge on any atom is 0.331 e. The minimum Gasteiger partial charge on any atom is -0.497 e. The third-order valence-electron chi connectivity index (χ3n) is 4.89. The van der Waals surface area contributed by atoms with Gasteiger partial charge >= 0.3 is 5.97 Å². The lowest BCUT2D eigenvalue weighted by molar-refractivity contribution is -0.144. The summed E-state index contributed by atoms with van der Waals surface area (Å²) in [6.45, 7) is 3.96. The van der Waals surface area contributed by atoms with Gasteiger partial charge in [-0.05, 0) is 55.9 Å². The van der Waals surface area contributed by atoms with Gasteiger partial charge in [0.05, 0.1) is 7.11 Å². The monoisotopic (exact) mass is 359 g/mol. The molecule has 1 N–H and O–H groups in total. The van der Waals surface area contributed by atoms with Gasteiger partial charge in [-0.1, -0.05) is 26.0 Å². The predicted octanol–water partition coefficient (Wildman–Crippen LogP) is 3.73. The Balaban J connectivity index is 1.73. The highest BCUT2D eigenvalue weighted by Crippen LogP contribution is 2.22. The van der Waals surface area contributed by atoms with Gasteiger partial charge in [0.2, 0.25) is 5.91 Å². The van der Waals surface area contributed by atoms with Gasteiger partial charge < -0.3 is 14.8 Å². The summed E-state index contributed by atoms with van der Waals surface area (Å²) in [5, 5.41) is 3.10. The Morgan fingerprint density at radius 1 is 1.19 bits per heavy atom. The topological polar surface area (TPSA) is 64.6 Å². The van der Waals surface area contributed by atoms with E-state index < -0.39 is 0 Å². The molecule has 5 heteroatoms. The Labute approximate surface area is 155 Å². The number of rotatable bonds is 7. The van der Waals surface area contributed by atoms with E-state index in [4.69, 9.17) is 9.47 Å². The number of carbonyl (C=O) groups is 2. The fourth-order valence-electron chi connectivity index (χ4n) is 2.94. The summed E-state index contributed by atoms with van der Waals surface area (Å²) in [7, 11) is 1.62. The zero-order valence-corrected chi connectivity index (χ0v) is 15.9. The van der Waals surface area contributed by atoms with Crippen LogP contribution in [0.3, 0.4) is 0 Å². The van der Waals surface area contributed by atoms with Crippen molar-refractivity contribution >= 4 is 18.0 Å². The van der Waals surface area contributed by atoms with Crippen LogP contribution in [0.2, 0.25) is 0 Å². The fraction of sp³-hybridized carbons (Fsp3) is 0.524. The molecule has 1 saturated carbocycles. The number of hydrogen-bond donors (Lipinski definition) is 1. The molecular formula is C21H29NO4. The number of methoxy groups -OCH3 is 1. The van der Waals surface area contributed by atoms with Gasteiger partial charge in [-0.25, -0.2) is 4.79 Å². The molecule has 0 saturated heterocycles. The first kappa shape index (κ1) is 20.0. The molecule has 1 unspecified atom stereocenters. The van der Waals surface area contributed by atoms with Crippen molar-refractivity contribution in [3.63, 3.8) is 0 Å². The van der Waals surface area contributed by atoms with E-state index in [1.807, 2.05) is 38.1 Å². The molecule has 0 bridgehead atoms. The number of hydrogen-bond acceptors (Lipinski definition) is 4. The third kappa shape index (κ3) is 6.21. The van der Waals surface area contributed by atoms with Crippen LogP contribution in [0.15, 0.2) is 30.3 Å². The van der Waals surface area contributed by atoms with Crippen LogP contribution in [0.25, 0.3) is 6.08 Å². The van der Waals surface area contributed by atoms with Crippen molar-refractivity contribution in [3.05, 3.63) is 35.9 Å². The highest BCUT2D eigenvalue weighted by Gasteiger charge is 2.25. The average molecular weight is 359 g/mol. The minimum absolute atomic E-state index is 0.0497. The number of ether oxygens (including phenoxy) is 2. The molecule has 142 valence electrons. The van der Waals surface area contributed by atoms with Gasteiger partial charge in [0, 0.05) is 18.0 Å². The molecule has 2 rings (SSSR count). The van der Waals surface area contributed by atoms with Crippen molar-refractivity contribution in [1.29, 1.82) is 0 Å². The Morgan fingerprint density at radius 3 is 2.42 bits per heavy atom. The molecule has 5 nitrogen and oxygen atoms in total. The molecule has 0 aliphatic heterocycles. The van der Waals surface area contributed by atoms with Crippen LogP contribution >= 0.6 is 0 Å². The van der Waals surface area contributed by atoms with Crippen LogP contribution in [0.5, 0.6) is 5.75 Å². The minimum atomic E-state index is -0.326. The molecule has 26 heavy (non-hydrogen) atoms. The maximum atomic E-state index is 12.0. The SMILES string of the molecule is CCC(C)C(=O)N[C@H]1CC[C@H](OC(=O)/C=C/c2ccc(OC)cc2)CC1. The van der Waals surface area contributed by atoms with Crippen LogP contribution in [0.4, 0.5) is 0 Å². The molecule has 0 spiro atoms. The van der Waals surface area contributed by atoms with Crippen molar-refractivity contribution in [3.8, 4) is 5.75 Å². The van der Waals surface area contributed by atoms with Crippen molar-refractivity contribution in [1.82, 2.24) is 5.32 Å². The van der Waals surface area contributed by atoms with Gasteiger partial charge in [-0.15, -0.1) is 0 Å². The van der Waals surface area contributed by atoms with Gasteiger partial charge in [-0.3, -0.25) is 4.79 Å². The molecule has 1 aliphatic rings. The first-order chi connectivity index (χ1) is 12.5. The quantitative estimate of drug-likeness (QED) is 0.595. The van der Waals surface area contributed by atoms with Crippen molar-refractivity contribution in [2.45, 2.75) is 58.1 Å². The lowest BCUT2D eigenvalue weighted by Crippen LogP contribution is -2.41. The second-order valence-corrected chi connectivity index (χ2v) is 6.83. The Kier molecular flexibility index (Phi) is 7.70. The zero-order chi connectivity index (χ0) is 18.9. The molecule has 1 aromatic carbocycles. The van der Waals surface area contributed by atoms with E-state index in [9.17, 15) is 9.59 Å². The largest absolute Gasteiger partial charge is 0.497 e. The molecule has 0 heterocycles. The summed E-state index contributed by atoms with van der Waals surface area (Å²) in [5.41, 5.74) is 0.916. The third-order valence-corrected chi connectivity index (χ3v) is 4.89. The lowest BCUT2D eigenvalue weighted by Gasteiger charge is -2.29. The average Bonchev–Trinajstić information content (AvgIpc) is 2.67. The van der Waals surface area contributed by atoms with Gasteiger partial charge in [0.25, 0.3) is 0 Å². The first-order valence-corrected chi connectivity index (χ1v) is 9.35. The highest BCUT2D eigenvalue weighted by molar-refractivity contribution is 5.87. The van der Waals surface area contributed by atoms with Gasteiger partial charge in [0.15, 0.2) is 0 Å². The molecule has 1 amide bonds. The molecule has 0 aromatic heterocycles. The van der Waals surface area contributed by atoms with E-state index in [2.05, 4.69) is 5.32 Å². The van der Waals surface area contributed by atoms with Gasteiger partial charge in [0.1, 0.15) is 11.9 Å².